The summed E-state index contributed by atoms with van der Waals surface area (Å²) in [6.07, 6.45) is 0.908. The Morgan fingerprint density at radius 3 is 2.50 bits per heavy atom. The summed E-state index contributed by atoms with van der Waals surface area (Å²) in [6, 6.07) is 16.8. The number of fused-ring (bicyclic) bond motifs is 1. The third-order valence-electron chi connectivity index (χ3n) is 5.64. The van der Waals surface area contributed by atoms with Crippen molar-refractivity contribution in [2.45, 2.75) is 50.7 Å². The van der Waals surface area contributed by atoms with Gasteiger partial charge in [-0.2, -0.15) is 0 Å². The molecule has 156 valence electrons. The minimum absolute atomic E-state index is 0.108. The van der Waals surface area contributed by atoms with E-state index in [2.05, 4.69) is 68.2 Å². The summed E-state index contributed by atoms with van der Waals surface area (Å²) < 4.78 is 1.96. The van der Waals surface area contributed by atoms with Crippen molar-refractivity contribution in [1.29, 1.82) is 0 Å². The Labute approximate surface area is 182 Å². The summed E-state index contributed by atoms with van der Waals surface area (Å²) in [5.74, 6) is 1.26. The lowest BCUT2D eigenvalue weighted by molar-refractivity contribution is -0.116. The number of carbonyl (C=O) groups excluding carboxylic acids is 1. The molecule has 1 atom stereocenters. The van der Waals surface area contributed by atoms with Gasteiger partial charge in [0.1, 0.15) is 0 Å². The Hall–Kier alpha value is -2.60. The van der Waals surface area contributed by atoms with Crippen molar-refractivity contribution in [3.63, 3.8) is 0 Å². The molecule has 1 aliphatic rings. The van der Waals surface area contributed by atoms with Crippen LogP contribution in [0.3, 0.4) is 0 Å². The van der Waals surface area contributed by atoms with Gasteiger partial charge in [0.25, 0.3) is 0 Å². The molecule has 0 spiro atoms. The van der Waals surface area contributed by atoms with Crippen molar-refractivity contribution in [2.24, 2.45) is 7.05 Å². The molecule has 0 N–H and O–H groups in total. The molecule has 0 unspecified atom stereocenters. The lowest BCUT2D eigenvalue weighted by Gasteiger charge is -2.22. The maximum absolute atomic E-state index is 13.0. The summed E-state index contributed by atoms with van der Waals surface area (Å²) in [7, 11) is 1.95. The quantitative estimate of drug-likeness (QED) is 0.566. The average molecular weight is 421 g/mol. The zero-order valence-electron chi connectivity index (χ0n) is 18.2. The van der Waals surface area contributed by atoms with Gasteiger partial charge in [0.2, 0.25) is 5.91 Å². The maximum atomic E-state index is 13.0. The number of rotatable bonds is 4. The maximum Gasteiger partial charge on any atom is 0.237 e. The molecule has 0 fully saturated rings. The van der Waals surface area contributed by atoms with Gasteiger partial charge in [-0.15, -0.1) is 10.2 Å². The highest BCUT2D eigenvalue weighted by Gasteiger charge is 2.30. The number of benzene rings is 2. The number of anilines is 1. The van der Waals surface area contributed by atoms with Crippen molar-refractivity contribution < 1.29 is 4.79 Å². The molecule has 2 heterocycles. The van der Waals surface area contributed by atoms with E-state index < -0.39 is 0 Å². The fraction of sp³-hybridized carbons (Fsp3) is 0.375. The monoisotopic (exact) mass is 420 g/mol. The van der Waals surface area contributed by atoms with Gasteiger partial charge in [-0.3, -0.25) is 4.79 Å². The third kappa shape index (κ3) is 3.88. The molecule has 0 radical (unpaired) electrons. The molecular weight excluding hydrogens is 392 g/mol. The Morgan fingerprint density at radius 1 is 1.10 bits per heavy atom. The summed E-state index contributed by atoms with van der Waals surface area (Å²) in [5, 5.41) is 9.45. The average Bonchev–Trinajstić information content (AvgIpc) is 3.24. The largest absolute Gasteiger partial charge is 0.308 e. The molecule has 4 rings (SSSR count). The second-order valence-electron chi connectivity index (χ2n) is 8.93. The minimum atomic E-state index is 0.108. The number of thioether (sulfide) groups is 1. The lowest BCUT2D eigenvalue weighted by atomic mass is 9.87. The Balaban J connectivity index is 1.47. The van der Waals surface area contributed by atoms with Gasteiger partial charge >= 0.3 is 0 Å². The van der Waals surface area contributed by atoms with Gasteiger partial charge in [0, 0.05) is 24.3 Å². The van der Waals surface area contributed by atoms with Crippen LogP contribution in [0.25, 0.3) is 11.4 Å². The fourth-order valence-electron chi connectivity index (χ4n) is 3.95. The molecule has 3 aromatic rings. The number of carbonyl (C=O) groups is 1. The molecule has 0 bridgehead atoms. The molecule has 1 amide bonds. The molecule has 5 nitrogen and oxygen atoms in total. The van der Waals surface area contributed by atoms with Crippen LogP contribution in [0.15, 0.2) is 53.7 Å². The van der Waals surface area contributed by atoms with Crippen LogP contribution in [0.5, 0.6) is 0 Å². The van der Waals surface area contributed by atoms with Crippen molar-refractivity contribution in [2.75, 3.05) is 10.7 Å². The van der Waals surface area contributed by atoms with E-state index in [-0.39, 0.29) is 17.4 Å². The van der Waals surface area contributed by atoms with E-state index >= 15 is 0 Å². The van der Waals surface area contributed by atoms with E-state index in [0.29, 0.717) is 5.75 Å². The Bertz CT molecular complexity index is 1070. The van der Waals surface area contributed by atoms with Crippen molar-refractivity contribution in [1.82, 2.24) is 14.8 Å². The van der Waals surface area contributed by atoms with Crippen LogP contribution in [0, 0.1) is 0 Å². The summed E-state index contributed by atoms with van der Waals surface area (Å²) >= 11 is 1.44. The zero-order chi connectivity index (χ0) is 21.5. The molecule has 0 saturated carbocycles. The highest BCUT2D eigenvalue weighted by molar-refractivity contribution is 7.99. The number of nitrogens with zero attached hydrogens (tertiary/aromatic N) is 4. The first-order chi connectivity index (χ1) is 14.3. The molecule has 0 saturated heterocycles. The summed E-state index contributed by atoms with van der Waals surface area (Å²) in [4.78, 5) is 14.9. The van der Waals surface area contributed by atoms with Crippen LogP contribution < -0.4 is 4.90 Å². The molecule has 1 aliphatic heterocycles. The SMILES string of the molecule is C[C@@H]1Cc2ccccc2N1C(=O)CSc1nnc(-c2ccc(C(C)(C)C)cc2)n1C. The van der Waals surface area contributed by atoms with E-state index in [1.54, 1.807) is 0 Å². The van der Waals surface area contributed by atoms with Gasteiger partial charge in [-0.05, 0) is 36.0 Å². The first kappa shape index (κ1) is 20.7. The first-order valence-electron chi connectivity index (χ1n) is 10.3. The molecule has 1 aromatic heterocycles. The van der Waals surface area contributed by atoms with E-state index in [1.165, 1.54) is 22.9 Å². The predicted octanol–water partition coefficient (Wildman–Crippen LogP) is 4.85. The van der Waals surface area contributed by atoms with Gasteiger partial charge in [0.15, 0.2) is 11.0 Å². The van der Waals surface area contributed by atoms with Crippen LogP contribution in [0.1, 0.15) is 38.8 Å². The van der Waals surface area contributed by atoms with Crippen molar-refractivity contribution in [3.05, 3.63) is 59.7 Å². The number of hydrogen-bond donors (Lipinski definition) is 0. The molecule has 0 aliphatic carbocycles. The topological polar surface area (TPSA) is 51.0 Å². The summed E-state index contributed by atoms with van der Waals surface area (Å²) in [6.45, 7) is 8.71. The van der Waals surface area contributed by atoms with E-state index in [1.807, 2.05) is 34.7 Å². The fourth-order valence-corrected chi connectivity index (χ4v) is 4.72. The smallest absolute Gasteiger partial charge is 0.237 e. The standard InChI is InChI=1S/C24H28N4OS/c1-16-14-18-8-6-7-9-20(18)28(16)21(29)15-30-23-26-25-22(27(23)5)17-10-12-19(13-11-17)24(2,3)4/h6-13,16H,14-15H2,1-5H3/t16-/m1/s1. The van der Waals surface area contributed by atoms with Crippen LogP contribution >= 0.6 is 11.8 Å². The molecule has 30 heavy (non-hydrogen) atoms. The number of para-hydroxylation sites is 1. The van der Waals surface area contributed by atoms with Crippen molar-refractivity contribution in [3.8, 4) is 11.4 Å². The van der Waals surface area contributed by atoms with Crippen LogP contribution in [0.4, 0.5) is 5.69 Å². The van der Waals surface area contributed by atoms with Gasteiger partial charge in [0.05, 0.1) is 5.75 Å². The van der Waals surface area contributed by atoms with Crippen molar-refractivity contribution >= 4 is 23.4 Å². The number of amides is 1. The van der Waals surface area contributed by atoms with Crippen LogP contribution in [-0.4, -0.2) is 32.5 Å². The highest BCUT2D eigenvalue weighted by atomic mass is 32.2. The second-order valence-corrected chi connectivity index (χ2v) is 9.87. The Morgan fingerprint density at radius 2 is 1.80 bits per heavy atom. The molecular formula is C24H28N4OS. The van der Waals surface area contributed by atoms with Gasteiger partial charge < -0.3 is 9.47 Å². The predicted molar refractivity (Wildman–Crippen MR) is 123 cm³/mol. The number of hydrogen-bond acceptors (Lipinski definition) is 4. The highest BCUT2D eigenvalue weighted by Crippen LogP contribution is 2.33. The van der Waals surface area contributed by atoms with E-state index in [0.717, 1.165) is 28.7 Å². The third-order valence-corrected chi connectivity index (χ3v) is 6.65. The van der Waals surface area contributed by atoms with Gasteiger partial charge in [-0.25, -0.2) is 0 Å². The second kappa shape index (κ2) is 7.91. The molecule has 6 heteroatoms. The van der Waals surface area contributed by atoms with Crippen LogP contribution in [-0.2, 0) is 23.7 Å². The normalized spacial score (nSPS) is 16.0. The zero-order valence-corrected chi connectivity index (χ0v) is 19.0. The van der Waals surface area contributed by atoms with E-state index in [9.17, 15) is 4.79 Å². The first-order valence-corrected chi connectivity index (χ1v) is 11.3. The Kier molecular flexibility index (Phi) is 5.45. The summed E-state index contributed by atoms with van der Waals surface area (Å²) in [5.41, 5.74) is 4.70. The van der Waals surface area contributed by atoms with Crippen LogP contribution in [0.2, 0.25) is 0 Å². The lowest BCUT2D eigenvalue weighted by Crippen LogP contribution is -2.37. The van der Waals surface area contributed by atoms with E-state index in [4.69, 9.17) is 0 Å². The number of aromatic nitrogens is 3. The molecule has 2 aromatic carbocycles. The minimum Gasteiger partial charge on any atom is -0.308 e. The van der Waals surface area contributed by atoms with Gasteiger partial charge in [-0.1, -0.05) is 75.0 Å².